The van der Waals surface area contributed by atoms with E-state index >= 15 is 0 Å². The molecule has 42 heavy (non-hydrogen) atoms. The molecule has 0 amide bonds. The Morgan fingerprint density at radius 1 is 0.452 bits per heavy atom. The van der Waals surface area contributed by atoms with Gasteiger partial charge in [0.05, 0.1) is 60.8 Å². The summed E-state index contributed by atoms with van der Waals surface area (Å²) >= 11 is 0. The Labute approximate surface area is 260 Å². The first kappa shape index (κ1) is 30.4. The number of benzene rings is 1. The molecule has 3 aliphatic carbocycles. The Kier molecular flexibility index (Phi) is 8.34. The molecule has 0 radical (unpaired) electrons. The maximum Gasteiger partial charge on any atom is 0.0844 e. The molecule has 234 valence electrons. The van der Waals surface area contributed by atoms with E-state index in [1.54, 1.807) is 15.6 Å². The van der Waals surface area contributed by atoms with E-state index in [0.29, 0.717) is 36.6 Å². The van der Waals surface area contributed by atoms with Crippen LogP contribution in [0.5, 0.6) is 0 Å². The molecule has 0 aromatic heterocycles. The SMILES string of the molecule is C[Si](C)(CCC1CCC2OC2C1)c1cc([Si](C)(C)CCC2CCC3OC3C2)cc([Si](C)(C)CCC2CCC3OC3C2)c1. The predicted octanol–water partition coefficient (Wildman–Crippen LogP) is 7.31. The first-order valence-electron chi connectivity index (χ1n) is 18.1. The van der Waals surface area contributed by atoms with Crippen LogP contribution in [0.4, 0.5) is 0 Å². The highest BCUT2D eigenvalue weighted by Gasteiger charge is 2.46. The van der Waals surface area contributed by atoms with Crippen molar-refractivity contribution in [2.24, 2.45) is 17.8 Å². The van der Waals surface area contributed by atoms with Gasteiger partial charge in [-0.2, -0.15) is 0 Å². The highest BCUT2D eigenvalue weighted by atomic mass is 28.3. The van der Waals surface area contributed by atoms with Gasteiger partial charge in [-0.15, -0.1) is 0 Å². The minimum Gasteiger partial charge on any atom is -0.370 e. The van der Waals surface area contributed by atoms with E-state index in [-0.39, 0.29) is 0 Å². The van der Waals surface area contributed by atoms with Crippen LogP contribution in [0.1, 0.15) is 77.0 Å². The molecular weight excluding hydrogens is 565 g/mol. The number of epoxide rings is 3. The molecule has 1 aromatic carbocycles. The second kappa shape index (κ2) is 11.5. The molecule has 7 rings (SSSR count). The van der Waals surface area contributed by atoms with Gasteiger partial charge in [0, 0.05) is 0 Å². The zero-order valence-electron chi connectivity index (χ0n) is 27.8. The van der Waals surface area contributed by atoms with E-state index in [9.17, 15) is 0 Å². The van der Waals surface area contributed by atoms with Gasteiger partial charge >= 0.3 is 0 Å². The fourth-order valence-corrected chi connectivity index (χ4v) is 17.1. The lowest BCUT2D eigenvalue weighted by Crippen LogP contribution is -2.54. The summed E-state index contributed by atoms with van der Waals surface area (Å²) in [5, 5.41) is 5.35. The van der Waals surface area contributed by atoms with Crippen LogP contribution in [0.25, 0.3) is 0 Å². The zero-order valence-corrected chi connectivity index (χ0v) is 30.8. The number of rotatable bonds is 12. The Morgan fingerprint density at radius 3 is 1.00 bits per heavy atom. The van der Waals surface area contributed by atoms with Gasteiger partial charge in [-0.25, -0.2) is 0 Å². The third-order valence-electron chi connectivity index (χ3n) is 13.1. The third kappa shape index (κ3) is 6.94. The van der Waals surface area contributed by atoms with Crippen LogP contribution in [0.2, 0.25) is 57.4 Å². The van der Waals surface area contributed by atoms with Gasteiger partial charge in [0.25, 0.3) is 0 Å². The van der Waals surface area contributed by atoms with Gasteiger partial charge in [0.1, 0.15) is 0 Å². The van der Waals surface area contributed by atoms with Gasteiger partial charge < -0.3 is 14.2 Å². The molecule has 3 aliphatic heterocycles. The summed E-state index contributed by atoms with van der Waals surface area (Å²) < 4.78 is 17.7. The van der Waals surface area contributed by atoms with Crippen molar-refractivity contribution in [2.75, 3.05) is 0 Å². The molecule has 9 atom stereocenters. The lowest BCUT2D eigenvalue weighted by molar-refractivity contribution is 0.357. The summed E-state index contributed by atoms with van der Waals surface area (Å²) in [4.78, 5) is 0. The smallest absolute Gasteiger partial charge is 0.0844 e. The monoisotopic (exact) mass is 624 g/mol. The number of hydrogen-bond acceptors (Lipinski definition) is 3. The fraction of sp³-hybridized carbons (Fsp3) is 0.833. The molecule has 6 fully saturated rings. The largest absolute Gasteiger partial charge is 0.370 e. The molecule has 1 aromatic rings. The molecule has 3 heterocycles. The summed E-state index contributed by atoms with van der Waals surface area (Å²) in [7, 11) is -4.62. The Balaban J connectivity index is 1.08. The molecule has 6 aliphatic rings. The Morgan fingerprint density at radius 2 is 0.738 bits per heavy atom. The van der Waals surface area contributed by atoms with Crippen LogP contribution in [0, 0.1) is 17.8 Å². The zero-order chi connectivity index (χ0) is 29.3. The molecule has 0 spiro atoms. The van der Waals surface area contributed by atoms with Crippen molar-refractivity contribution in [3.63, 3.8) is 0 Å². The maximum absolute atomic E-state index is 5.89. The van der Waals surface area contributed by atoms with Crippen molar-refractivity contribution in [2.45, 2.75) is 171 Å². The maximum atomic E-state index is 5.89. The molecule has 3 saturated heterocycles. The van der Waals surface area contributed by atoms with E-state index in [2.05, 4.69) is 57.5 Å². The Hall–Kier alpha value is -0.249. The van der Waals surface area contributed by atoms with Gasteiger partial charge in [0.2, 0.25) is 0 Å². The molecule has 3 nitrogen and oxygen atoms in total. The van der Waals surface area contributed by atoms with Crippen molar-refractivity contribution < 1.29 is 14.2 Å². The first-order chi connectivity index (χ1) is 19.9. The van der Waals surface area contributed by atoms with E-state index in [0.717, 1.165) is 17.8 Å². The topological polar surface area (TPSA) is 37.6 Å². The van der Waals surface area contributed by atoms with Crippen LogP contribution < -0.4 is 15.6 Å². The van der Waals surface area contributed by atoms with Crippen molar-refractivity contribution in [1.29, 1.82) is 0 Å². The summed E-state index contributed by atoms with van der Waals surface area (Å²) in [5.41, 5.74) is 0. The first-order valence-corrected chi connectivity index (χ1v) is 27.7. The quantitative estimate of drug-likeness (QED) is 0.181. The van der Waals surface area contributed by atoms with Gasteiger partial charge in [-0.05, 0) is 75.5 Å². The Bertz CT molecular complexity index is 984. The number of fused-ring (bicyclic) bond motifs is 3. The molecular formula is C36H60O3Si3. The van der Waals surface area contributed by atoms with E-state index in [1.165, 1.54) is 95.2 Å². The molecule has 0 bridgehead atoms. The lowest BCUT2D eigenvalue weighted by atomic mass is 9.87. The molecule has 6 heteroatoms. The van der Waals surface area contributed by atoms with E-state index in [1.807, 2.05) is 0 Å². The van der Waals surface area contributed by atoms with E-state index in [4.69, 9.17) is 14.2 Å². The second-order valence-electron chi connectivity index (χ2n) is 17.7. The van der Waals surface area contributed by atoms with Crippen LogP contribution in [-0.2, 0) is 14.2 Å². The molecule has 9 unspecified atom stereocenters. The van der Waals surface area contributed by atoms with Gasteiger partial charge in [-0.1, -0.05) is 110 Å². The minimum atomic E-state index is -1.54. The minimum absolute atomic E-state index is 0.616. The average molecular weight is 625 g/mol. The van der Waals surface area contributed by atoms with Crippen LogP contribution in [0.3, 0.4) is 0 Å². The standard InChI is InChI=1S/C36H60O3Si3/c1-40(2,16-13-25-7-10-31-34(19-25)37-31)28-22-29(41(3,4)17-14-26-8-11-32-35(20-26)38-32)24-30(23-28)42(5,6)18-15-27-9-12-33-36(21-27)39-33/h22-27,31-36H,7-21H2,1-6H3. The highest BCUT2D eigenvalue weighted by molar-refractivity contribution is 6.95. The highest BCUT2D eigenvalue weighted by Crippen LogP contribution is 2.43. The number of ether oxygens (including phenoxy) is 3. The van der Waals surface area contributed by atoms with Crippen molar-refractivity contribution >= 4 is 39.8 Å². The van der Waals surface area contributed by atoms with Gasteiger partial charge in [0.15, 0.2) is 0 Å². The molecule has 0 N–H and O–H groups in total. The fourth-order valence-electron chi connectivity index (χ4n) is 9.17. The summed E-state index contributed by atoms with van der Waals surface area (Å²) in [6.45, 7) is 16.2. The predicted molar refractivity (Wildman–Crippen MR) is 184 cm³/mol. The number of hydrogen-bond donors (Lipinski definition) is 0. The van der Waals surface area contributed by atoms with Gasteiger partial charge in [-0.3, -0.25) is 0 Å². The lowest BCUT2D eigenvalue weighted by Gasteiger charge is -2.34. The van der Waals surface area contributed by atoms with E-state index < -0.39 is 24.2 Å². The van der Waals surface area contributed by atoms with Crippen LogP contribution in [0.15, 0.2) is 18.2 Å². The third-order valence-corrected chi connectivity index (χ3v) is 23.3. The summed E-state index contributed by atoms with van der Waals surface area (Å²) in [5.74, 6) is 2.70. The van der Waals surface area contributed by atoms with Crippen molar-refractivity contribution in [3.8, 4) is 0 Å². The average Bonchev–Trinajstić information content (AvgIpc) is 3.85. The normalized spacial score (nSPS) is 37.4. The van der Waals surface area contributed by atoms with Crippen LogP contribution >= 0.6 is 0 Å². The van der Waals surface area contributed by atoms with Crippen LogP contribution in [-0.4, -0.2) is 60.8 Å². The molecule has 3 saturated carbocycles. The second-order valence-corrected chi connectivity index (χ2v) is 32.3. The van der Waals surface area contributed by atoms with Crippen molar-refractivity contribution in [3.05, 3.63) is 18.2 Å². The summed E-state index contributed by atoms with van der Waals surface area (Å²) in [6, 6.07) is 12.7. The summed E-state index contributed by atoms with van der Waals surface area (Å²) in [6.07, 6.45) is 20.2. The van der Waals surface area contributed by atoms with Crippen molar-refractivity contribution in [1.82, 2.24) is 0 Å².